The molecule has 0 bridgehead atoms. The van der Waals surface area contributed by atoms with Gasteiger partial charge in [0.1, 0.15) is 11.2 Å². The molecule has 0 aliphatic carbocycles. The monoisotopic (exact) mass is 750 g/mol. The van der Waals surface area contributed by atoms with E-state index in [1.807, 2.05) is 78.9 Å². The van der Waals surface area contributed by atoms with Crippen LogP contribution in [0.4, 0.5) is 11.4 Å². The van der Waals surface area contributed by atoms with Crippen molar-refractivity contribution in [3.05, 3.63) is 205 Å². The summed E-state index contributed by atoms with van der Waals surface area (Å²) >= 11 is 1.80. The molecule has 57 heavy (non-hydrogen) atoms. The fraction of sp³-hybridized carbons (Fsp3) is 0. The van der Waals surface area contributed by atoms with Crippen LogP contribution in [0.5, 0.6) is 0 Å². The Morgan fingerprint density at radius 3 is 2.02 bits per heavy atom. The summed E-state index contributed by atoms with van der Waals surface area (Å²) < 4.78 is 9.30. The zero-order valence-electron chi connectivity index (χ0n) is 30.7. The van der Waals surface area contributed by atoms with E-state index in [9.17, 15) is 0 Å². The van der Waals surface area contributed by atoms with Gasteiger partial charge in [-0.2, -0.15) is 0 Å². The van der Waals surface area contributed by atoms with Crippen molar-refractivity contribution < 1.29 is 4.42 Å². The number of fused-ring (bicyclic) bond motifs is 6. The van der Waals surface area contributed by atoms with Crippen LogP contribution in [0, 0.1) is 5.41 Å². The molecule has 10 aromatic rings. The quantitative estimate of drug-likeness (QED) is 0.126. The summed E-state index contributed by atoms with van der Waals surface area (Å²) in [5, 5.41) is 17.0. The van der Waals surface area contributed by atoms with Crippen molar-refractivity contribution in [1.29, 1.82) is 5.41 Å². The van der Waals surface area contributed by atoms with Gasteiger partial charge in [0.15, 0.2) is 11.7 Å². The third-order valence-electron chi connectivity index (χ3n) is 10.3. The summed E-state index contributed by atoms with van der Waals surface area (Å²) in [7, 11) is 0. The van der Waals surface area contributed by atoms with Crippen LogP contribution in [0.15, 0.2) is 202 Å². The van der Waals surface area contributed by atoms with Gasteiger partial charge in [-0.3, -0.25) is 5.41 Å². The van der Waals surface area contributed by atoms with Crippen LogP contribution in [0.1, 0.15) is 16.7 Å². The highest BCUT2D eigenvalue weighted by atomic mass is 32.1. The lowest BCUT2D eigenvalue weighted by atomic mass is 10.00. The van der Waals surface area contributed by atoms with Crippen LogP contribution in [0.25, 0.3) is 64.4 Å². The number of furan rings is 1. The van der Waals surface area contributed by atoms with E-state index < -0.39 is 0 Å². The molecule has 0 unspecified atom stereocenters. The third kappa shape index (κ3) is 6.48. The number of aliphatic imine (C=N–C) groups is 2. The molecular weight excluding hydrogens is 717 g/mol. The number of amidine groups is 2. The molecule has 270 valence electrons. The predicted octanol–water partition coefficient (Wildman–Crippen LogP) is 13.9. The van der Waals surface area contributed by atoms with Gasteiger partial charge in [-0.15, -0.1) is 11.3 Å². The number of hydrogen-bond donors (Lipinski definition) is 2. The van der Waals surface area contributed by atoms with Gasteiger partial charge >= 0.3 is 0 Å². The number of nitrogens with zero attached hydrogens (tertiary/aromatic N) is 2. The maximum absolute atomic E-state index is 8.88. The molecule has 5 nitrogen and oxygen atoms in total. The van der Waals surface area contributed by atoms with Crippen molar-refractivity contribution in [3.8, 4) is 22.3 Å². The molecule has 0 radical (unpaired) electrons. The first kappa shape index (κ1) is 34.1. The number of nitrogens with one attached hydrogen (secondary N) is 2. The van der Waals surface area contributed by atoms with E-state index in [-0.39, 0.29) is 5.84 Å². The highest BCUT2D eigenvalue weighted by molar-refractivity contribution is 7.26. The predicted molar refractivity (Wildman–Crippen MR) is 241 cm³/mol. The first-order valence-electron chi connectivity index (χ1n) is 18.8. The molecule has 0 aliphatic rings. The fourth-order valence-corrected chi connectivity index (χ4v) is 8.65. The van der Waals surface area contributed by atoms with Gasteiger partial charge in [0.05, 0.1) is 16.0 Å². The van der Waals surface area contributed by atoms with Crippen LogP contribution in [0.3, 0.4) is 0 Å². The molecule has 2 aromatic heterocycles. The second-order valence-corrected chi connectivity index (χ2v) is 14.9. The normalized spacial score (nSPS) is 12.0. The maximum atomic E-state index is 8.88. The highest BCUT2D eigenvalue weighted by Crippen LogP contribution is 2.43. The second-order valence-electron chi connectivity index (χ2n) is 13.8. The van der Waals surface area contributed by atoms with E-state index in [4.69, 9.17) is 19.8 Å². The Hall–Kier alpha value is -7.41. The summed E-state index contributed by atoms with van der Waals surface area (Å²) in [4.78, 5) is 9.64. The summed E-state index contributed by atoms with van der Waals surface area (Å²) in [6.45, 7) is 0. The van der Waals surface area contributed by atoms with Gasteiger partial charge in [0, 0.05) is 54.8 Å². The Kier molecular flexibility index (Phi) is 8.78. The van der Waals surface area contributed by atoms with Crippen molar-refractivity contribution in [2.24, 2.45) is 9.98 Å². The van der Waals surface area contributed by atoms with Gasteiger partial charge < -0.3 is 9.73 Å². The Morgan fingerprint density at radius 1 is 0.544 bits per heavy atom. The summed E-state index contributed by atoms with van der Waals surface area (Å²) in [5.41, 5.74) is 10.4. The topological polar surface area (TPSA) is 73.7 Å². The zero-order chi connectivity index (χ0) is 38.1. The molecule has 0 saturated heterocycles. The minimum Gasteiger partial charge on any atom is -0.455 e. The van der Waals surface area contributed by atoms with E-state index in [1.54, 1.807) is 17.6 Å². The molecule has 0 amide bonds. The number of rotatable bonds is 7. The van der Waals surface area contributed by atoms with Crippen molar-refractivity contribution in [2.45, 2.75) is 0 Å². The smallest absolute Gasteiger partial charge is 0.165 e. The van der Waals surface area contributed by atoms with Crippen LogP contribution < -0.4 is 5.32 Å². The minimum atomic E-state index is 0.125. The van der Waals surface area contributed by atoms with Gasteiger partial charge in [-0.05, 0) is 47.0 Å². The SMILES string of the molecule is N=C(N=C(N=Cc1ccccc1)c1cccc2c1oc1c(-c3ccc4sc5c(Nc6ccccc6-c6ccccc6)cccc5c4c3)cccc12)c1ccccc1. The number of para-hydroxylation sites is 3. The molecule has 6 heteroatoms. The van der Waals surface area contributed by atoms with Crippen molar-refractivity contribution in [1.82, 2.24) is 0 Å². The average molecular weight is 751 g/mol. The summed E-state index contributed by atoms with van der Waals surface area (Å²) in [5.74, 6) is 0.528. The number of anilines is 2. The lowest BCUT2D eigenvalue weighted by Crippen LogP contribution is -2.05. The third-order valence-corrected chi connectivity index (χ3v) is 11.5. The van der Waals surface area contributed by atoms with Crippen LogP contribution in [0.2, 0.25) is 0 Å². The van der Waals surface area contributed by atoms with Crippen molar-refractivity contribution in [3.63, 3.8) is 0 Å². The van der Waals surface area contributed by atoms with Crippen molar-refractivity contribution in [2.75, 3.05) is 5.32 Å². The van der Waals surface area contributed by atoms with E-state index in [2.05, 4.69) is 115 Å². The highest BCUT2D eigenvalue weighted by Gasteiger charge is 2.19. The molecular formula is C51H34N4OS. The molecule has 0 atom stereocenters. The average Bonchev–Trinajstić information content (AvgIpc) is 3.85. The molecule has 10 rings (SSSR count). The first-order chi connectivity index (χ1) is 28.2. The number of benzene rings is 8. The largest absolute Gasteiger partial charge is 0.455 e. The molecule has 0 aliphatic heterocycles. The Bertz CT molecular complexity index is 3160. The Morgan fingerprint density at radius 2 is 1.19 bits per heavy atom. The molecule has 8 aromatic carbocycles. The Labute approximate surface area is 333 Å². The fourth-order valence-electron chi connectivity index (χ4n) is 7.49. The Balaban J connectivity index is 1.07. The minimum absolute atomic E-state index is 0.125. The maximum Gasteiger partial charge on any atom is 0.165 e. The second kappa shape index (κ2) is 14.7. The van der Waals surface area contributed by atoms with E-state index in [1.165, 1.54) is 25.7 Å². The van der Waals surface area contributed by atoms with Gasteiger partial charge in [-0.25, -0.2) is 9.98 Å². The molecule has 0 spiro atoms. The first-order valence-corrected chi connectivity index (χ1v) is 19.6. The van der Waals surface area contributed by atoms with Crippen molar-refractivity contribution >= 4 is 82.7 Å². The molecule has 0 saturated carbocycles. The van der Waals surface area contributed by atoms with Crippen LogP contribution in [-0.2, 0) is 0 Å². The molecule has 2 heterocycles. The van der Waals surface area contributed by atoms with Gasteiger partial charge in [-0.1, -0.05) is 158 Å². The summed E-state index contributed by atoms with van der Waals surface area (Å²) in [6, 6.07) is 64.0. The number of hydrogen-bond acceptors (Lipinski definition) is 4. The molecule has 0 fully saturated rings. The summed E-state index contributed by atoms with van der Waals surface area (Å²) in [6.07, 6.45) is 1.79. The van der Waals surface area contributed by atoms with Gasteiger partial charge in [0.25, 0.3) is 0 Å². The lowest BCUT2D eigenvalue weighted by molar-refractivity contribution is 0.669. The van der Waals surface area contributed by atoms with E-state index in [0.29, 0.717) is 17.0 Å². The lowest BCUT2D eigenvalue weighted by Gasteiger charge is -2.13. The van der Waals surface area contributed by atoms with E-state index in [0.717, 1.165) is 55.5 Å². The standard InChI is InChI=1S/C51H34N4OS/c52-50(35-19-8-3-9-20-35)55-51(53-32-33-15-4-1-5-16-33)42-26-13-24-40-39-23-12-22-38(47(39)56-48(40)42)36-29-30-46-43(31-36)41-25-14-28-45(49(41)57-46)54-44-27-11-10-21-37(44)34-17-6-2-7-18-34/h1-32,52,54H. The number of thiophene rings is 1. The molecule has 2 N–H and O–H groups in total. The van der Waals surface area contributed by atoms with Crippen LogP contribution in [-0.4, -0.2) is 17.9 Å². The van der Waals surface area contributed by atoms with E-state index >= 15 is 0 Å². The zero-order valence-corrected chi connectivity index (χ0v) is 31.5. The van der Waals surface area contributed by atoms with Gasteiger partial charge in [0.2, 0.25) is 0 Å². The van der Waals surface area contributed by atoms with Crippen LogP contribution >= 0.6 is 11.3 Å².